The topological polar surface area (TPSA) is 77.1 Å². The van der Waals surface area contributed by atoms with Crippen molar-refractivity contribution in [1.82, 2.24) is 0 Å². The Morgan fingerprint density at radius 2 is 1.20 bits per heavy atom. The lowest BCUT2D eigenvalue weighted by Crippen LogP contribution is -1.96. The summed E-state index contributed by atoms with van der Waals surface area (Å²) in [6, 6.07) is 13.5. The molecule has 162 valence electrons. The Bertz CT molecular complexity index is 758. The second-order valence-electron chi connectivity index (χ2n) is 7.50. The quantitative estimate of drug-likeness (QED) is 0.128. The van der Waals surface area contributed by atoms with Crippen LogP contribution in [0.25, 0.3) is 0 Å². The van der Waals surface area contributed by atoms with E-state index < -0.39 is 4.92 Å². The van der Waals surface area contributed by atoms with Crippen LogP contribution in [-0.4, -0.2) is 11.5 Å². The second-order valence-corrected chi connectivity index (χ2v) is 7.50. The molecule has 0 fully saturated rings. The summed E-state index contributed by atoms with van der Waals surface area (Å²) in [6.45, 7) is 2.99. The van der Waals surface area contributed by atoms with Crippen LogP contribution in [0.3, 0.4) is 0 Å². The van der Waals surface area contributed by atoms with Crippen molar-refractivity contribution in [1.29, 1.82) is 0 Å². The van der Waals surface area contributed by atoms with Crippen LogP contribution in [0.1, 0.15) is 71.1 Å². The molecule has 0 aliphatic heterocycles. The number of unbranched alkanes of at least 4 members (excludes halogenated alkanes) is 9. The number of nitrogens with zero attached hydrogens (tertiary/aromatic N) is 3. The number of hydrogen-bond donors (Lipinski definition) is 0. The average Bonchev–Trinajstić information content (AvgIpc) is 2.77. The maximum Gasteiger partial charge on any atom is 0.269 e. The summed E-state index contributed by atoms with van der Waals surface area (Å²) in [5.74, 6) is 0.834. The molecule has 30 heavy (non-hydrogen) atoms. The number of hydrogen-bond acceptors (Lipinski definition) is 5. The molecule has 0 aliphatic rings. The molecule has 0 aliphatic carbocycles. The summed E-state index contributed by atoms with van der Waals surface area (Å²) in [4.78, 5) is 10.2. The first-order valence-electron chi connectivity index (χ1n) is 11.1. The van der Waals surface area contributed by atoms with Crippen molar-refractivity contribution in [2.24, 2.45) is 10.2 Å². The number of nitro groups is 1. The molecule has 2 aromatic rings. The highest BCUT2D eigenvalue weighted by molar-refractivity contribution is 5.45. The molecule has 0 spiro atoms. The monoisotopic (exact) mass is 411 g/mol. The van der Waals surface area contributed by atoms with Crippen LogP contribution in [0.2, 0.25) is 0 Å². The third kappa shape index (κ3) is 9.63. The normalized spacial score (nSPS) is 11.1. The van der Waals surface area contributed by atoms with Gasteiger partial charge in [0, 0.05) is 12.1 Å². The molecule has 0 saturated heterocycles. The highest BCUT2D eigenvalue weighted by Crippen LogP contribution is 2.23. The minimum atomic E-state index is -0.435. The van der Waals surface area contributed by atoms with Gasteiger partial charge >= 0.3 is 0 Å². The molecule has 0 heterocycles. The Hall–Kier alpha value is -2.76. The molecule has 0 unspecified atom stereocenters. The van der Waals surface area contributed by atoms with E-state index in [4.69, 9.17) is 4.74 Å². The minimum absolute atomic E-state index is 0.0397. The van der Waals surface area contributed by atoms with E-state index in [2.05, 4.69) is 17.2 Å². The van der Waals surface area contributed by atoms with Gasteiger partial charge in [0.05, 0.1) is 22.9 Å². The van der Waals surface area contributed by atoms with Gasteiger partial charge in [0.2, 0.25) is 0 Å². The lowest BCUT2D eigenvalue weighted by Gasteiger charge is -2.06. The van der Waals surface area contributed by atoms with Gasteiger partial charge in [0.1, 0.15) is 5.75 Å². The molecule has 0 atom stereocenters. The van der Waals surface area contributed by atoms with E-state index >= 15 is 0 Å². The number of rotatable bonds is 15. The van der Waals surface area contributed by atoms with Crippen molar-refractivity contribution in [3.8, 4) is 5.75 Å². The van der Waals surface area contributed by atoms with Crippen LogP contribution in [0, 0.1) is 10.1 Å². The first-order chi connectivity index (χ1) is 14.7. The molecule has 0 bridgehead atoms. The van der Waals surface area contributed by atoms with E-state index in [1.807, 2.05) is 24.3 Å². The zero-order valence-corrected chi connectivity index (χ0v) is 18.0. The SMILES string of the molecule is CCCCCCCCCCCCOc1ccc(N=Nc2ccc([N+](=O)[O-])cc2)cc1. The van der Waals surface area contributed by atoms with Gasteiger partial charge in [-0.3, -0.25) is 10.1 Å². The van der Waals surface area contributed by atoms with Crippen molar-refractivity contribution >= 4 is 17.1 Å². The fourth-order valence-electron chi connectivity index (χ4n) is 3.15. The molecule has 0 amide bonds. The van der Waals surface area contributed by atoms with Gasteiger partial charge in [-0.1, -0.05) is 64.7 Å². The van der Waals surface area contributed by atoms with E-state index in [1.54, 1.807) is 12.1 Å². The summed E-state index contributed by atoms with van der Waals surface area (Å²) in [7, 11) is 0. The van der Waals surface area contributed by atoms with Crippen LogP contribution in [0.5, 0.6) is 5.75 Å². The van der Waals surface area contributed by atoms with E-state index in [0.717, 1.165) is 18.8 Å². The van der Waals surface area contributed by atoms with Gasteiger partial charge in [0.25, 0.3) is 5.69 Å². The molecule has 6 heteroatoms. The van der Waals surface area contributed by atoms with Crippen molar-refractivity contribution < 1.29 is 9.66 Å². The molecule has 0 radical (unpaired) electrons. The third-order valence-corrected chi connectivity index (χ3v) is 4.94. The number of ether oxygens (including phenoxy) is 1. The fourth-order valence-corrected chi connectivity index (χ4v) is 3.15. The number of nitro benzene ring substituents is 1. The maximum absolute atomic E-state index is 10.7. The minimum Gasteiger partial charge on any atom is -0.494 e. The van der Waals surface area contributed by atoms with E-state index in [1.165, 1.54) is 69.9 Å². The molecule has 0 saturated carbocycles. The van der Waals surface area contributed by atoms with Gasteiger partial charge < -0.3 is 4.74 Å². The first kappa shape index (κ1) is 23.5. The van der Waals surface area contributed by atoms with Crippen molar-refractivity contribution in [3.63, 3.8) is 0 Å². The number of azo groups is 1. The smallest absolute Gasteiger partial charge is 0.269 e. The van der Waals surface area contributed by atoms with Gasteiger partial charge in [-0.15, -0.1) is 0 Å². The van der Waals surface area contributed by atoms with Crippen LogP contribution in [-0.2, 0) is 0 Å². The van der Waals surface area contributed by atoms with Crippen LogP contribution in [0.4, 0.5) is 17.1 Å². The van der Waals surface area contributed by atoms with Gasteiger partial charge in [-0.05, 0) is 42.8 Å². The Labute approximate surface area is 179 Å². The van der Waals surface area contributed by atoms with Crippen LogP contribution in [0.15, 0.2) is 58.8 Å². The van der Waals surface area contributed by atoms with Crippen LogP contribution >= 0.6 is 0 Å². The Morgan fingerprint density at radius 3 is 1.70 bits per heavy atom. The van der Waals surface area contributed by atoms with Gasteiger partial charge in [0.15, 0.2) is 0 Å². The van der Waals surface area contributed by atoms with Crippen molar-refractivity contribution in [2.75, 3.05) is 6.61 Å². The van der Waals surface area contributed by atoms with Gasteiger partial charge in [-0.2, -0.15) is 10.2 Å². The van der Waals surface area contributed by atoms with Gasteiger partial charge in [-0.25, -0.2) is 0 Å². The largest absolute Gasteiger partial charge is 0.494 e. The molecule has 2 aromatic carbocycles. The summed E-state index contributed by atoms with van der Waals surface area (Å²) in [6.07, 6.45) is 13.1. The molecular formula is C24H33N3O3. The van der Waals surface area contributed by atoms with Crippen molar-refractivity contribution in [3.05, 3.63) is 58.6 Å². The summed E-state index contributed by atoms with van der Waals surface area (Å²) < 4.78 is 5.80. The number of non-ortho nitro benzene ring substituents is 1. The zero-order valence-electron chi connectivity index (χ0n) is 18.0. The second kappa shape index (κ2) is 14.3. The summed E-state index contributed by atoms with van der Waals surface area (Å²) >= 11 is 0. The molecule has 0 aromatic heterocycles. The Balaban J connectivity index is 1.59. The molecule has 2 rings (SSSR count). The highest BCUT2D eigenvalue weighted by atomic mass is 16.6. The Morgan fingerprint density at radius 1 is 0.733 bits per heavy atom. The molecular weight excluding hydrogens is 378 g/mol. The first-order valence-corrected chi connectivity index (χ1v) is 11.1. The van der Waals surface area contributed by atoms with E-state index in [9.17, 15) is 10.1 Å². The van der Waals surface area contributed by atoms with E-state index in [0.29, 0.717) is 11.4 Å². The zero-order chi connectivity index (χ0) is 21.4. The highest BCUT2D eigenvalue weighted by Gasteiger charge is 2.03. The van der Waals surface area contributed by atoms with E-state index in [-0.39, 0.29) is 5.69 Å². The van der Waals surface area contributed by atoms with Crippen molar-refractivity contribution in [2.45, 2.75) is 71.1 Å². The average molecular weight is 412 g/mol. The fraction of sp³-hybridized carbons (Fsp3) is 0.500. The number of benzene rings is 2. The predicted molar refractivity (Wildman–Crippen MR) is 121 cm³/mol. The summed E-state index contributed by atoms with van der Waals surface area (Å²) in [5, 5.41) is 18.9. The standard InChI is InChI=1S/C24H33N3O3/c1-2-3-4-5-6-7-8-9-10-11-20-30-24-18-14-22(15-19-24)26-25-21-12-16-23(17-13-21)27(28)29/h12-19H,2-11,20H2,1H3. The molecule has 6 nitrogen and oxygen atoms in total. The molecule has 0 N–H and O–H groups in total. The summed E-state index contributed by atoms with van der Waals surface area (Å²) in [5.41, 5.74) is 1.32. The van der Waals surface area contributed by atoms with Crippen LogP contribution < -0.4 is 4.74 Å². The lowest BCUT2D eigenvalue weighted by molar-refractivity contribution is -0.384. The Kier molecular flexibility index (Phi) is 11.2. The third-order valence-electron chi connectivity index (χ3n) is 4.94. The lowest BCUT2D eigenvalue weighted by atomic mass is 10.1. The maximum atomic E-state index is 10.7. The predicted octanol–water partition coefficient (Wildman–Crippen LogP) is 8.31.